The summed E-state index contributed by atoms with van der Waals surface area (Å²) < 4.78 is 28.8. The molecular weight excluding hydrogens is 249 g/mol. The third kappa shape index (κ3) is 6.63. The van der Waals surface area contributed by atoms with E-state index in [1.807, 2.05) is 0 Å². The minimum atomic E-state index is -0.272. The fourth-order valence-corrected chi connectivity index (χ4v) is 1.64. The third-order valence-electron chi connectivity index (χ3n) is 2.65. The van der Waals surface area contributed by atoms with Crippen molar-refractivity contribution in [3.63, 3.8) is 0 Å². The Hall–Kier alpha value is -1.01. The van der Waals surface area contributed by atoms with Crippen molar-refractivity contribution >= 4 is 0 Å². The van der Waals surface area contributed by atoms with Crippen LogP contribution < -0.4 is 5.73 Å². The number of nitrogens with two attached hydrogens (primary N) is 1. The molecule has 4 nitrogen and oxygen atoms in total. The number of halogens is 1. The molecule has 1 rings (SSSR count). The second-order valence-electron chi connectivity index (χ2n) is 4.13. The third-order valence-corrected chi connectivity index (χ3v) is 2.65. The smallest absolute Gasteiger partial charge is 0.123 e. The normalized spacial score (nSPS) is 10.9. The Morgan fingerprint density at radius 3 is 2.58 bits per heavy atom. The van der Waals surface area contributed by atoms with Crippen molar-refractivity contribution in [1.82, 2.24) is 0 Å². The molecule has 0 spiro atoms. The minimum Gasteiger partial charge on any atom is -0.385 e. The van der Waals surface area contributed by atoms with E-state index in [4.69, 9.17) is 19.9 Å². The molecule has 0 atom stereocenters. The summed E-state index contributed by atoms with van der Waals surface area (Å²) in [6.45, 7) is 3.10. The summed E-state index contributed by atoms with van der Waals surface area (Å²) in [6, 6.07) is 4.56. The second kappa shape index (κ2) is 9.86. The van der Waals surface area contributed by atoms with Crippen LogP contribution in [0.2, 0.25) is 0 Å². The van der Waals surface area contributed by atoms with E-state index in [0.29, 0.717) is 39.6 Å². The molecule has 0 bridgehead atoms. The first-order valence-electron chi connectivity index (χ1n) is 6.39. The van der Waals surface area contributed by atoms with Gasteiger partial charge in [0.05, 0.1) is 19.8 Å². The number of benzene rings is 1. The molecule has 0 radical (unpaired) electrons. The number of rotatable bonds is 10. The highest BCUT2D eigenvalue weighted by Crippen LogP contribution is 2.12. The predicted octanol–water partition coefficient (Wildman–Crippen LogP) is 1.85. The molecule has 2 N–H and O–H groups in total. The Morgan fingerprint density at radius 2 is 1.84 bits per heavy atom. The van der Waals surface area contributed by atoms with E-state index in [-0.39, 0.29) is 5.82 Å². The number of ether oxygens (including phenoxy) is 3. The Bertz CT molecular complexity index is 361. The second-order valence-corrected chi connectivity index (χ2v) is 4.13. The summed E-state index contributed by atoms with van der Waals surface area (Å²) in [5.41, 5.74) is 7.28. The average Bonchev–Trinajstić information content (AvgIpc) is 2.42. The lowest BCUT2D eigenvalue weighted by Crippen LogP contribution is -2.08. The number of methoxy groups -OCH3 is 1. The first-order chi connectivity index (χ1) is 9.27. The molecule has 0 aliphatic heterocycles. The van der Waals surface area contributed by atoms with E-state index >= 15 is 0 Å². The standard InChI is InChI=1S/C14H22FNO3/c1-17-5-2-6-18-7-8-19-11-13-9-14(15)4-3-12(13)10-16/h3-4,9H,2,5-8,10-11,16H2,1H3. The topological polar surface area (TPSA) is 53.7 Å². The van der Waals surface area contributed by atoms with Crippen molar-refractivity contribution in [3.05, 3.63) is 35.1 Å². The highest BCUT2D eigenvalue weighted by molar-refractivity contribution is 5.27. The molecule has 0 amide bonds. The molecular formula is C14H22FNO3. The molecule has 0 fully saturated rings. The molecule has 0 aromatic heterocycles. The van der Waals surface area contributed by atoms with Gasteiger partial charge in [-0.05, 0) is 29.7 Å². The number of hydrogen-bond donors (Lipinski definition) is 1. The summed E-state index contributed by atoms with van der Waals surface area (Å²) in [5, 5.41) is 0. The summed E-state index contributed by atoms with van der Waals surface area (Å²) in [7, 11) is 1.66. The van der Waals surface area contributed by atoms with Crippen LogP contribution in [-0.4, -0.2) is 33.5 Å². The largest absolute Gasteiger partial charge is 0.385 e. The van der Waals surface area contributed by atoms with Crippen molar-refractivity contribution in [3.8, 4) is 0 Å². The van der Waals surface area contributed by atoms with Gasteiger partial charge in [0.15, 0.2) is 0 Å². The van der Waals surface area contributed by atoms with Crippen LogP contribution in [0.5, 0.6) is 0 Å². The first kappa shape index (κ1) is 16.0. The van der Waals surface area contributed by atoms with Gasteiger partial charge in [0, 0.05) is 26.9 Å². The van der Waals surface area contributed by atoms with Crippen LogP contribution in [0.1, 0.15) is 17.5 Å². The molecule has 5 heteroatoms. The van der Waals surface area contributed by atoms with Crippen LogP contribution >= 0.6 is 0 Å². The van der Waals surface area contributed by atoms with Gasteiger partial charge in [-0.1, -0.05) is 6.07 Å². The zero-order valence-electron chi connectivity index (χ0n) is 11.4. The molecule has 1 aromatic carbocycles. The van der Waals surface area contributed by atoms with Gasteiger partial charge in [-0.3, -0.25) is 0 Å². The van der Waals surface area contributed by atoms with Gasteiger partial charge in [-0.15, -0.1) is 0 Å². The van der Waals surface area contributed by atoms with Gasteiger partial charge < -0.3 is 19.9 Å². The monoisotopic (exact) mass is 271 g/mol. The first-order valence-corrected chi connectivity index (χ1v) is 6.39. The Labute approximate surface area is 113 Å². The fourth-order valence-electron chi connectivity index (χ4n) is 1.64. The molecule has 0 saturated carbocycles. The van der Waals surface area contributed by atoms with E-state index in [1.54, 1.807) is 13.2 Å². The molecule has 0 unspecified atom stereocenters. The van der Waals surface area contributed by atoms with Crippen molar-refractivity contribution in [2.24, 2.45) is 5.73 Å². The average molecular weight is 271 g/mol. The van der Waals surface area contributed by atoms with Gasteiger partial charge in [0.2, 0.25) is 0 Å². The van der Waals surface area contributed by atoms with Crippen LogP contribution in [0.25, 0.3) is 0 Å². The minimum absolute atomic E-state index is 0.272. The zero-order valence-corrected chi connectivity index (χ0v) is 11.4. The molecule has 0 aliphatic rings. The van der Waals surface area contributed by atoms with Crippen LogP contribution in [-0.2, 0) is 27.4 Å². The summed E-state index contributed by atoms with van der Waals surface area (Å²) in [6.07, 6.45) is 0.873. The maximum absolute atomic E-state index is 13.1. The van der Waals surface area contributed by atoms with E-state index in [2.05, 4.69) is 0 Å². The highest BCUT2D eigenvalue weighted by atomic mass is 19.1. The zero-order chi connectivity index (χ0) is 13.9. The van der Waals surface area contributed by atoms with Crippen molar-refractivity contribution in [2.75, 3.05) is 33.5 Å². The van der Waals surface area contributed by atoms with Gasteiger partial charge >= 0.3 is 0 Å². The van der Waals surface area contributed by atoms with Gasteiger partial charge in [-0.25, -0.2) is 4.39 Å². The van der Waals surface area contributed by atoms with Gasteiger partial charge in [0.25, 0.3) is 0 Å². The van der Waals surface area contributed by atoms with E-state index in [9.17, 15) is 4.39 Å². The lowest BCUT2D eigenvalue weighted by atomic mass is 10.1. The van der Waals surface area contributed by atoms with E-state index in [1.165, 1.54) is 12.1 Å². The van der Waals surface area contributed by atoms with Crippen LogP contribution in [0.4, 0.5) is 4.39 Å². The van der Waals surface area contributed by atoms with Gasteiger partial charge in [-0.2, -0.15) is 0 Å². The van der Waals surface area contributed by atoms with Crippen molar-refractivity contribution in [1.29, 1.82) is 0 Å². The maximum Gasteiger partial charge on any atom is 0.123 e. The molecule has 0 aliphatic carbocycles. The number of hydrogen-bond acceptors (Lipinski definition) is 4. The lowest BCUT2D eigenvalue weighted by molar-refractivity contribution is 0.0334. The summed E-state index contributed by atoms with van der Waals surface area (Å²) in [5.74, 6) is -0.272. The van der Waals surface area contributed by atoms with Crippen LogP contribution in [0.15, 0.2) is 18.2 Å². The molecule has 0 saturated heterocycles. The van der Waals surface area contributed by atoms with Crippen LogP contribution in [0, 0.1) is 5.82 Å². The van der Waals surface area contributed by atoms with E-state index in [0.717, 1.165) is 17.5 Å². The van der Waals surface area contributed by atoms with Crippen molar-refractivity contribution in [2.45, 2.75) is 19.6 Å². The molecule has 0 heterocycles. The Balaban J connectivity index is 2.17. The lowest BCUT2D eigenvalue weighted by Gasteiger charge is -2.09. The van der Waals surface area contributed by atoms with E-state index < -0.39 is 0 Å². The molecule has 108 valence electrons. The van der Waals surface area contributed by atoms with Crippen LogP contribution in [0.3, 0.4) is 0 Å². The SMILES string of the molecule is COCCCOCCOCc1cc(F)ccc1CN. The van der Waals surface area contributed by atoms with Gasteiger partial charge in [0.1, 0.15) is 5.82 Å². The Kier molecular flexibility index (Phi) is 8.33. The molecule has 1 aromatic rings. The Morgan fingerprint density at radius 1 is 1.05 bits per heavy atom. The summed E-state index contributed by atoms with van der Waals surface area (Å²) in [4.78, 5) is 0. The molecule has 19 heavy (non-hydrogen) atoms. The fraction of sp³-hybridized carbons (Fsp3) is 0.571. The summed E-state index contributed by atoms with van der Waals surface area (Å²) >= 11 is 0. The highest BCUT2D eigenvalue weighted by Gasteiger charge is 2.03. The predicted molar refractivity (Wildman–Crippen MR) is 71.3 cm³/mol. The van der Waals surface area contributed by atoms with Crippen molar-refractivity contribution < 1.29 is 18.6 Å². The maximum atomic E-state index is 13.1. The quantitative estimate of drug-likeness (QED) is 0.660.